The average Bonchev–Trinajstić information content (AvgIpc) is 3.30. The summed E-state index contributed by atoms with van der Waals surface area (Å²) in [5.74, 6) is -0.0365. The molecule has 0 bridgehead atoms. The van der Waals surface area contributed by atoms with Crippen LogP contribution in [0.2, 0.25) is 0 Å². The van der Waals surface area contributed by atoms with Crippen molar-refractivity contribution in [2.45, 2.75) is 44.8 Å². The Morgan fingerprint density at radius 1 is 1.12 bits per heavy atom. The van der Waals surface area contributed by atoms with Crippen molar-refractivity contribution in [1.29, 1.82) is 0 Å². The summed E-state index contributed by atoms with van der Waals surface area (Å²) >= 11 is 1.56. The highest BCUT2D eigenvalue weighted by Crippen LogP contribution is 2.29. The third-order valence-electron chi connectivity index (χ3n) is 5.53. The van der Waals surface area contributed by atoms with Crippen LogP contribution in [-0.2, 0) is 9.53 Å². The Bertz CT molecular complexity index is 890. The Hall–Kier alpha value is -2.55. The van der Waals surface area contributed by atoms with Crippen LogP contribution in [-0.4, -0.2) is 42.8 Å². The summed E-state index contributed by atoms with van der Waals surface area (Å²) in [6.45, 7) is 3.00. The average molecular weight is 469 g/mol. The Morgan fingerprint density at radius 3 is 2.28 bits per heavy atom. The fourth-order valence-electron chi connectivity index (χ4n) is 3.67. The molecular weight excluding hydrogens is 441 g/mol. The molecule has 174 valence electrons. The molecule has 1 unspecified atom stereocenters. The maximum atomic E-state index is 13.0. The number of thiophene rings is 1. The fourth-order valence-corrected chi connectivity index (χ4v) is 4.47. The molecule has 0 spiro atoms. The monoisotopic (exact) mass is 468 g/mol. The van der Waals surface area contributed by atoms with E-state index in [1.807, 2.05) is 29.6 Å². The van der Waals surface area contributed by atoms with Gasteiger partial charge in [-0.2, -0.15) is 13.2 Å². The van der Waals surface area contributed by atoms with Crippen LogP contribution in [0.4, 0.5) is 18.0 Å². The van der Waals surface area contributed by atoms with Crippen LogP contribution in [0.3, 0.4) is 0 Å². The van der Waals surface area contributed by atoms with E-state index in [-0.39, 0.29) is 31.0 Å². The minimum Gasteiger partial charge on any atom is -0.440 e. The van der Waals surface area contributed by atoms with E-state index < -0.39 is 18.9 Å². The summed E-state index contributed by atoms with van der Waals surface area (Å²) in [5.41, 5.74) is 2.20. The van der Waals surface area contributed by atoms with Gasteiger partial charge in [0.2, 0.25) is 5.91 Å². The Labute approximate surface area is 189 Å². The van der Waals surface area contributed by atoms with Crippen LogP contribution in [0.25, 0.3) is 0 Å². The molecule has 0 saturated carbocycles. The van der Waals surface area contributed by atoms with Gasteiger partial charge in [-0.05, 0) is 41.3 Å². The first kappa shape index (κ1) is 24.1. The molecule has 1 aliphatic heterocycles. The second-order valence-corrected chi connectivity index (χ2v) is 9.19. The molecule has 2 aromatic rings. The number of carbonyl (C=O) groups is 2. The van der Waals surface area contributed by atoms with Gasteiger partial charge in [-0.15, -0.1) is 11.3 Å². The van der Waals surface area contributed by atoms with Crippen molar-refractivity contribution < 1.29 is 27.5 Å². The molecule has 3 rings (SSSR count). The molecule has 1 aromatic heterocycles. The first-order valence-corrected chi connectivity index (χ1v) is 11.4. The van der Waals surface area contributed by atoms with Crippen molar-refractivity contribution in [3.63, 3.8) is 0 Å². The minimum atomic E-state index is -4.56. The van der Waals surface area contributed by atoms with E-state index in [0.29, 0.717) is 18.8 Å². The topological polar surface area (TPSA) is 58.6 Å². The van der Waals surface area contributed by atoms with Crippen LogP contribution in [0.15, 0.2) is 41.8 Å². The molecule has 1 fully saturated rings. The van der Waals surface area contributed by atoms with Gasteiger partial charge in [0.1, 0.15) is 0 Å². The highest BCUT2D eigenvalue weighted by molar-refractivity contribution is 7.10. The number of nitrogens with zero attached hydrogens (tertiary/aromatic N) is 1. The van der Waals surface area contributed by atoms with E-state index in [2.05, 4.69) is 36.0 Å². The second-order valence-electron chi connectivity index (χ2n) is 8.21. The maximum Gasteiger partial charge on any atom is 0.422 e. The molecule has 0 aliphatic carbocycles. The number of carbonyl (C=O) groups excluding carboxylic acids is 2. The smallest absolute Gasteiger partial charge is 0.422 e. The molecule has 1 saturated heterocycles. The van der Waals surface area contributed by atoms with Crippen molar-refractivity contribution in [3.8, 4) is 0 Å². The van der Waals surface area contributed by atoms with Crippen molar-refractivity contribution >= 4 is 23.3 Å². The van der Waals surface area contributed by atoms with Crippen molar-refractivity contribution in [2.24, 2.45) is 5.92 Å². The highest BCUT2D eigenvalue weighted by atomic mass is 32.1. The van der Waals surface area contributed by atoms with Gasteiger partial charge in [0, 0.05) is 23.9 Å². The number of likely N-dealkylation sites (tertiary alicyclic amines) is 1. The van der Waals surface area contributed by atoms with E-state index in [4.69, 9.17) is 0 Å². The van der Waals surface area contributed by atoms with Crippen LogP contribution < -0.4 is 5.32 Å². The lowest BCUT2D eigenvalue weighted by atomic mass is 9.94. The van der Waals surface area contributed by atoms with Crippen molar-refractivity contribution in [2.75, 3.05) is 19.7 Å². The molecule has 2 amide bonds. The summed E-state index contributed by atoms with van der Waals surface area (Å²) < 4.78 is 41.0. The second kappa shape index (κ2) is 10.4. The van der Waals surface area contributed by atoms with Crippen LogP contribution in [0, 0.1) is 5.92 Å². The number of nitrogens with one attached hydrogen (secondary N) is 1. The minimum absolute atomic E-state index is 0.125. The SMILES string of the molecule is CC(C)c1ccc(C(NC(=O)C2CCN(C(=O)OCC(F)(F)F)CC2)c2cccs2)cc1. The summed E-state index contributed by atoms with van der Waals surface area (Å²) in [7, 11) is 0. The lowest BCUT2D eigenvalue weighted by Gasteiger charge is -2.31. The van der Waals surface area contributed by atoms with Gasteiger partial charge >= 0.3 is 12.3 Å². The van der Waals surface area contributed by atoms with Gasteiger partial charge in [0.15, 0.2) is 6.61 Å². The van der Waals surface area contributed by atoms with E-state index in [1.165, 1.54) is 10.5 Å². The molecule has 1 N–H and O–H groups in total. The van der Waals surface area contributed by atoms with E-state index in [9.17, 15) is 22.8 Å². The van der Waals surface area contributed by atoms with Gasteiger partial charge in [0.05, 0.1) is 6.04 Å². The first-order chi connectivity index (χ1) is 15.1. The number of alkyl halides is 3. The largest absolute Gasteiger partial charge is 0.440 e. The molecule has 5 nitrogen and oxygen atoms in total. The third-order valence-corrected chi connectivity index (χ3v) is 6.47. The van der Waals surface area contributed by atoms with E-state index in [0.717, 1.165) is 10.4 Å². The van der Waals surface area contributed by atoms with Crippen LogP contribution in [0.5, 0.6) is 0 Å². The molecular formula is C23H27F3N2O3S. The number of ether oxygens (including phenoxy) is 1. The zero-order valence-corrected chi connectivity index (χ0v) is 18.8. The lowest BCUT2D eigenvalue weighted by Crippen LogP contribution is -2.44. The standard InChI is InChI=1S/C23H27F3N2O3S/c1-15(2)16-5-7-17(8-6-16)20(19-4-3-13-32-19)27-21(29)18-9-11-28(12-10-18)22(30)31-14-23(24,25)26/h3-8,13,15,18,20H,9-12,14H2,1-2H3,(H,27,29). The van der Waals surface area contributed by atoms with Gasteiger partial charge in [0.25, 0.3) is 0 Å². The van der Waals surface area contributed by atoms with E-state index >= 15 is 0 Å². The summed E-state index contributed by atoms with van der Waals surface area (Å²) in [4.78, 5) is 27.1. The van der Waals surface area contributed by atoms with Crippen molar-refractivity contribution in [1.82, 2.24) is 10.2 Å². The Kier molecular flexibility index (Phi) is 7.82. The zero-order chi connectivity index (χ0) is 23.3. The Balaban J connectivity index is 1.61. The molecule has 2 heterocycles. The number of halogens is 3. The van der Waals surface area contributed by atoms with Gasteiger partial charge in [-0.1, -0.05) is 44.2 Å². The predicted molar refractivity (Wildman–Crippen MR) is 117 cm³/mol. The van der Waals surface area contributed by atoms with Gasteiger partial charge in [-0.25, -0.2) is 4.79 Å². The summed E-state index contributed by atoms with van der Waals surface area (Å²) in [6.07, 6.45) is -4.81. The van der Waals surface area contributed by atoms with Crippen LogP contribution in [0.1, 0.15) is 54.7 Å². The quantitative estimate of drug-likeness (QED) is 0.610. The van der Waals surface area contributed by atoms with Crippen molar-refractivity contribution in [3.05, 3.63) is 57.8 Å². The van der Waals surface area contributed by atoms with E-state index in [1.54, 1.807) is 11.3 Å². The molecule has 0 radical (unpaired) electrons. The molecule has 1 atom stereocenters. The number of amides is 2. The summed E-state index contributed by atoms with van der Waals surface area (Å²) in [5, 5.41) is 5.09. The van der Waals surface area contributed by atoms with Crippen LogP contribution >= 0.6 is 11.3 Å². The number of hydrogen-bond acceptors (Lipinski definition) is 4. The number of benzene rings is 1. The predicted octanol–water partition coefficient (Wildman–Crippen LogP) is 5.49. The number of piperidine rings is 1. The molecule has 32 heavy (non-hydrogen) atoms. The molecule has 1 aliphatic rings. The fraction of sp³-hybridized carbons (Fsp3) is 0.478. The third kappa shape index (κ3) is 6.48. The summed E-state index contributed by atoms with van der Waals surface area (Å²) in [6, 6.07) is 11.8. The highest BCUT2D eigenvalue weighted by Gasteiger charge is 2.33. The number of hydrogen-bond donors (Lipinski definition) is 1. The maximum absolute atomic E-state index is 13.0. The molecule has 1 aromatic carbocycles. The Morgan fingerprint density at radius 2 is 1.75 bits per heavy atom. The van der Waals surface area contributed by atoms with Gasteiger partial charge < -0.3 is 15.0 Å². The first-order valence-electron chi connectivity index (χ1n) is 10.6. The number of rotatable bonds is 6. The molecule has 9 heteroatoms. The zero-order valence-electron chi connectivity index (χ0n) is 18.0. The normalized spacial score (nSPS) is 16.1. The van der Waals surface area contributed by atoms with Gasteiger partial charge in [-0.3, -0.25) is 4.79 Å². The lowest BCUT2D eigenvalue weighted by molar-refractivity contribution is -0.162.